The normalized spacial score (nSPS) is 9.16. The zero-order chi connectivity index (χ0) is 18.1. The van der Waals surface area contributed by atoms with Crippen molar-refractivity contribution in [3.05, 3.63) is 65.9 Å². The number of hydrogen-bond acceptors (Lipinski definition) is 4. The molecule has 0 radical (unpaired) electrons. The summed E-state index contributed by atoms with van der Waals surface area (Å²) in [6.07, 6.45) is 1.40. The van der Waals surface area contributed by atoms with Gasteiger partial charge in [-0.05, 0) is 29.8 Å². The van der Waals surface area contributed by atoms with Crippen molar-refractivity contribution in [3.8, 4) is 17.7 Å². The Labute approximate surface area is 145 Å². The molecule has 0 fully saturated rings. The van der Waals surface area contributed by atoms with Gasteiger partial charge in [0.25, 0.3) is 0 Å². The Hall–Kier alpha value is -3.33. The molecule has 0 spiro atoms. The van der Waals surface area contributed by atoms with Crippen molar-refractivity contribution in [1.29, 1.82) is 0 Å². The molecule has 0 unspecified atom stereocenters. The average molecular weight is 333 g/mol. The van der Waals surface area contributed by atoms with Crippen LogP contribution in [-0.4, -0.2) is 23.0 Å². The quantitative estimate of drug-likeness (QED) is 0.436. The molecule has 1 aromatic heterocycles. The maximum absolute atomic E-state index is 11.3. The molecule has 6 heteroatoms. The van der Waals surface area contributed by atoms with Gasteiger partial charge in [0.2, 0.25) is 0 Å². The number of fused-ring (bicyclic) bond motifs is 1. The number of aliphatic hydroxyl groups excluding tert-OH is 1. The number of hydrogen-bond donors (Lipinski definition) is 2. The summed E-state index contributed by atoms with van der Waals surface area (Å²) in [5.41, 5.74) is 2.70. The van der Waals surface area contributed by atoms with Crippen molar-refractivity contribution in [2.45, 2.75) is 13.5 Å². The monoisotopic (exact) mass is 333 g/mol. The predicted molar refractivity (Wildman–Crippen MR) is 95.2 cm³/mol. The number of rotatable bonds is 4. The Morgan fingerprint density at radius 3 is 2.56 bits per heavy atom. The van der Waals surface area contributed by atoms with Gasteiger partial charge in [-0.1, -0.05) is 30.3 Å². The van der Waals surface area contributed by atoms with Gasteiger partial charge in [-0.15, -0.1) is 0 Å². The zero-order valence-electron chi connectivity index (χ0n) is 13.7. The third-order valence-corrected chi connectivity index (χ3v) is 3.34. The summed E-state index contributed by atoms with van der Waals surface area (Å²) in [5, 5.41) is 8.46. The summed E-state index contributed by atoms with van der Waals surface area (Å²) >= 11 is 0. The van der Waals surface area contributed by atoms with Crippen molar-refractivity contribution < 1.29 is 19.3 Å². The molecule has 124 valence electrons. The van der Waals surface area contributed by atoms with Gasteiger partial charge >= 0.3 is 28.9 Å². The second-order valence-electron chi connectivity index (χ2n) is 5.14. The maximum atomic E-state index is 11.3. The first-order valence-corrected chi connectivity index (χ1v) is 7.52. The van der Waals surface area contributed by atoms with Gasteiger partial charge in [0.15, 0.2) is 5.78 Å². The summed E-state index contributed by atoms with van der Waals surface area (Å²) < 4.78 is 14.8. The van der Waals surface area contributed by atoms with Crippen LogP contribution in [0, 0.1) is 11.9 Å². The number of carbonyl (C=O) groups is 1. The molecule has 3 rings (SSSR count). The third kappa shape index (κ3) is 5.36. The Kier molecular flexibility index (Phi) is 6.55. The van der Waals surface area contributed by atoms with E-state index in [0.29, 0.717) is 19.5 Å². The number of ketones is 1. The van der Waals surface area contributed by atoms with Crippen LogP contribution in [0.3, 0.4) is 0 Å². The van der Waals surface area contributed by atoms with Crippen LogP contribution in [0.2, 0.25) is 0 Å². The van der Waals surface area contributed by atoms with Crippen LogP contribution in [0.15, 0.2) is 54.6 Å². The molecule has 25 heavy (non-hydrogen) atoms. The molecule has 2 aromatic carbocycles. The standard InChI is InChI=1S/C17H15NO2.C2HBO2/c1-12(19)17-10-14-9-15(7-8-16(14)18-17)20-11-13-5-3-2-4-6-13;4-2-1-3-5/h2-10,18H,11H2,1H3;4H. The van der Waals surface area contributed by atoms with E-state index in [4.69, 9.17) is 14.5 Å². The summed E-state index contributed by atoms with van der Waals surface area (Å²) in [7, 11) is 0.319. The molecule has 3 aromatic rings. The zero-order valence-corrected chi connectivity index (χ0v) is 13.7. The van der Waals surface area contributed by atoms with Crippen molar-refractivity contribution in [2.75, 3.05) is 0 Å². The van der Waals surface area contributed by atoms with Gasteiger partial charge in [0.1, 0.15) is 12.4 Å². The average Bonchev–Trinajstić information content (AvgIpc) is 3.06. The van der Waals surface area contributed by atoms with Crippen molar-refractivity contribution >= 4 is 23.8 Å². The predicted octanol–water partition coefficient (Wildman–Crippen LogP) is 3.28. The molecule has 0 aliphatic rings. The van der Waals surface area contributed by atoms with Crippen molar-refractivity contribution in [3.63, 3.8) is 0 Å². The summed E-state index contributed by atoms with van der Waals surface area (Å²) in [6, 6.07) is 17.7. The van der Waals surface area contributed by atoms with E-state index in [1.165, 1.54) is 6.11 Å². The van der Waals surface area contributed by atoms with Crippen molar-refractivity contribution in [1.82, 2.24) is 4.98 Å². The molecule has 0 bridgehead atoms. The van der Waals surface area contributed by atoms with E-state index in [2.05, 4.69) is 4.98 Å². The molecule has 0 saturated carbocycles. The Balaban J connectivity index is 0.000000399. The number of H-pyrrole nitrogens is 1. The number of nitrogens with one attached hydrogen (secondary N) is 1. The second kappa shape index (κ2) is 9.09. The number of ether oxygens (including phenoxy) is 1. The topological polar surface area (TPSA) is 79.4 Å². The van der Waals surface area contributed by atoms with Crippen LogP contribution in [0.4, 0.5) is 0 Å². The number of Topliss-reactive ketones (excluding diaryl/α,β-unsaturated/α-hetero) is 1. The van der Waals surface area contributed by atoms with E-state index in [9.17, 15) is 4.79 Å². The fraction of sp³-hybridized carbons (Fsp3) is 0.105. The molecular formula is C19H16BNO4. The number of aliphatic hydroxyl groups is 1. The molecule has 0 aliphatic carbocycles. The first kappa shape index (κ1) is 18.0. The second-order valence-corrected chi connectivity index (χ2v) is 5.14. The molecule has 1 heterocycles. The number of aromatic amines is 1. The van der Waals surface area contributed by atoms with Gasteiger partial charge in [-0.25, -0.2) is 0 Å². The van der Waals surface area contributed by atoms with Crippen LogP contribution < -0.4 is 4.74 Å². The summed E-state index contributed by atoms with van der Waals surface area (Å²) in [4.78, 5) is 14.4. The first-order valence-electron chi connectivity index (χ1n) is 7.52. The molecule has 2 N–H and O–H groups in total. The SMILES string of the molecule is CC(=O)c1cc2cc(OCc3ccccc3)ccc2[nH]1.O=BC#CO. The van der Waals surface area contributed by atoms with E-state index >= 15 is 0 Å². The summed E-state index contributed by atoms with van der Waals surface area (Å²) in [6.45, 7) is 2.09. The molecular weight excluding hydrogens is 317 g/mol. The van der Waals surface area contributed by atoms with E-state index < -0.39 is 0 Å². The Morgan fingerprint density at radius 1 is 1.20 bits per heavy atom. The molecule has 0 aliphatic heterocycles. The van der Waals surface area contributed by atoms with Crippen LogP contribution in [0.1, 0.15) is 23.0 Å². The molecule has 0 atom stereocenters. The number of benzene rings is 2. The van der Waals surface area contributed by atoms with E-state index in [0.717, 1.165) is 22.2 Å². The summed E-state index contributed by atoms with van der Waals surface area (Å²) in [5.74, 6) is 2.57. The Bertz CT molecular complexity index is 923. The van der Waals surface area contributed by atoms with Crippen LogP contribution >= 0.6 is 0 Å². The molecule has 5 nitrogen and oxygen atoms in total. The minimum atomic E-state index is 0.0351. The van der Waals surface area contributed by atoms with Gasteiger partial charge < -0.3 is 9.72 Å². The number of carbonyl (C=O) groups excluding carboxylic acids is 1. The van der Waals surface area contributed by atoms with Gasteiger partial charge in [0, 0.05) is 17.8 Å². The van der Waals surface area contributed by atoms with E-state index in [1.807, 2.05) is 54.6 Å². The Morgan fingerprint density at radius 2 is 1.96 bits per heavy atom. The van der Waals surface area contributed by atoms with Gasteiger partial charge in [-0.2, -0.15) is 0 Å². The van der Waals surface area contributed by atoms with Crippen LogP contribution in [-0.2, 0) is 11.3 Å². The van der Waals surface area contributed by atoms with Gasteiger partial charge in [-0.3, -0.25) is 4.79 Å². The van der Waals surface area contributed by atoms with Crippen LogP contribution in [0.25, 0.3) is 10.9 Å². The molecule has 0 amide bonds. The first-order chi connectivity index (χ1) is 12.1. The van der Waals surface area contributed by atoms with Gasteiger partial charge in [0.05, 0.1) is 5.69 Å². The fourth-order valence-electron chi connectivity index (χ4n) is 2.16. The number of aromatic nitrogens is 1. The van der Waals surface area contributed by atoms with Crippen molar-refractivity contribution in [2.24, 2.45) is 0 Å². The molecule has 0 saturated heterocycles. The van der Waals surface area contributed by atoms with Crippen LogP contribution in [0.5, 0.6) is 5.75 Å². The minimum absolute atomic E-state index is 0.0351. The van der Waals surface area contributed by atoms with E-state index in [1.54, 1.807) is 12.7 Å². The third-order valence-electron chi connectivity index (χ3n) is 3.34. The fourth-order valence-corrected chi connectivity index (χ4v) is 2.16. The van der Waals surface area contributed by atoms with E-state index in [-0.39, 0.29) is 5.78 Å².